The molecule has 0 aromatic heterocycles. The van der Waals surface area contributed by atoms with E-state index in [1.54, 1.807) is 7.11 Å². The Morgan fingerprint density at radius 2 is 2.05 bits per heavy atom. The fraction of sp³-hybridized carbons (Fsp3) is 1.00. The molecular weight excluding hydrogens is 262 g/mol. The molecule has 3 heteroatoms. The summed E-state index contributed by atoms with van der Waals surface area (Å²) in [6.45, 7) is 9.51. The van der Waals surface area contributed by atoms with Crippen LogP contribution in [0.2, 0.25) is 0 Å². The third-order valence-corrected chi connectivity index (χ3v) is 5.51. The zero-order valence-corrected chi connectivity index (χ0v) is 14.3. The summed E-state index contributed by atoms with van der Waals surface area (Å²) in [4.78, 5) is 0. The minimum atomic E-state index is 0.527. The molecule has 124 valence electrons. The van der Waals surface area contributed by atoms with E-state index in [4.69, 9.17) is 9.47 Å². The van der Waals surface area contributed by atoms with Crippen LogP contribution in [0.1, 0.15) is 52.4 Å². The lowest BCUT2D eigenvalue weighted by Gasteiger charge is -2.38. The Hall–Kier alpha value is -0.120. The van der Waals surface area contributed by atoms with Crippen molar-refractivity contribution in [1.82, 2.24) is 5.32 Å². The van der Waals surface area contributed by atoms with Gasteiger partial charge in [0.15, 0.2) is 0 Å². The van der Waals surface area contributed by atoms with Crippen molar-refractivity contribution < 1.29 is 9.47 Å². The Morgan fingerprint density at radius 1 is 1.19 bits per heavy atom. The molecule has 3 unspecified atom stereocenters. The molecule has 0 amide bonds. The molecule has 0 aromatic carbocycles. The minimum absolute atomic E-state index is 0.527. The lowest BCUT2D eigenvalue weighted by Crippen LogP contribution is -2.40. The van der Waals surface area contributed by atoms with Gasteiger partial charge < -0.3 is 14.8 Å². The molecular formula is C18H35NO2. The van der Waals surface area contributed by atoms with Gasteiger partial charge in [0.1, 0.15) is 0 Å². The highest BCUT2D eigenvalue weighted by molar-refractivity contribution is 5.01. The second-order valence-corrected chi connectivity index (χ2v) is 7.68. The number of rotatable bonds is 11. The molecule has 2 aliphatic carbocycles. The van der Waals surface area contributed by atoms with Gasteiger partial charge in [-0.25, -0.2) is 0 Å². The molecule has 0 aromatic rings. The van der Waals surface area contributed by atoms with Gasteiger partial charge in [-0.05, 0) is 61.8 Å². The normalized spacial score (nSPS) is 31.4. The van der Waals surface area contributed by atoms with Gasteiger partial charge in [-0.2, -0.15) is 0 Å². The molecule has 2 rings (SSSR count). The largest absolute Gasteiger partial charge is 0.385 e. The Bertz CT molecular complexity index is 295. The van der Waals surface area contributed by atoms with E-state index in [2.05, 4.69) is 19.2 Å². The highest BCUT2D eigenvalue weighted by atomic mass is 16.5. The van der Waals surface area contributed by atoms with Crippen molar-refractivity contribution in [1.29, 1.82) is 0 Å². The number of methoxy groups -OCH3 is 1. The summed E-state index contributed by atoms with van der Waals surface area (Å²) in [5.41, 5.74) is 0.527. The van der Waals surface area contributed by atoms with E-state index in [0.717, 1.165) is 50.5 Å². The molecule has 2 bridgehead atoms. The monoisotopic (exact) mass is 297 g/mol. The lowest BCUT2D eigenvalue weighted by molar-refractivity contribution is 0.0530. The van der Waals surface area contributed by atoms with Gasteiger partial charge in [-0.3, -0.25) is 0 Å². The van der Waals surface area contributed by atoms with Crippen LogP contribution in [0.5, 0.6) is 0 Å². The number of nitrogens with one attached hydrogen (secondary N) is 1. The Morgan fingerprint density at radius 3 is 2.67 bits per heavy atom. The first-order chi connectivity index (χ1) is 10.2. The lowest BCUT2D eigenvalue weighted by atomic mass is 9.71. The summed E-state index contributed by atoms with van der Waals surface area (Å²) in [6, 6.07) is 0. The van der Waals surface area contributed by atoms with E-state index >= 15 is 0 Å². The molecule has 3 atom stereocenters. The summed E-state index contributed by atoms with van der Waals surface area (Å²) in [5, 5.41) is 3.74. The van der Waals surface area contributed by atoms with Crippen molar-refractivity contribution in [3.05, 3.63) is 0 Å². The number of hydrogen-bond acceptors (Lipinski definition) is 3. The van der Waals surface area contributed by atoms with E-state index in [1.165, 1.54) is 38.6 Å². The predicted octanol–water partition coefficient (Wildman–Crippen LogP) is 3.48. The number of fused-ring (bicyclic) bond motifs is 2. The van der Waals surface area contributed by atoms with Crippen molar-refractivity contribution in [2.24, 2.45) is 23.2 Å². The van der Waals surface area contributed by atoms with E-state index in [-0.39, 0.29) is 0 Å². The maximum absolute atomic E-state index is 5.85. The molecule has 0 saturated heterocycles. The SMILES string of the molecule is COCCCOCCC1(CNCC(C)C)CC2CCC1C2. The molecule has 1 N–H and O–H groups in total. The molecule has 0 heterocycles. The molecule has 0 spiro atoms. The topological polar surface area (TPSA) is 30.5 Å². The smallest absolute Gasteiger partial charge is 0.0487 e. The van der Waals surface area contributed by atoms with Gasteiger partial charge in [-0.15, -0.1) is 0 Å². The van der Waals surface area contributed by atoms with Crippen molar-refractivity contribution >= 4 is 0 Å². The predicted molar refractivity (Wildman–Crippen MR) is 87.5 cm³/mol. The van der Waals surface area contributed by atoms with Gasteiger partial charge in [0.2, 0.25) is 0 Å². The molecule has 3 nitrogen and oxygen atoms in total. The zero-order valence-electron chi connectivity index (χ0n) is 14.3. The van der Waals surface area contributed by atoms with E-state index in [9.17, 15) is 0 Å². The van der Waals surface area contributed by atoms with Crippen LogP contribution in [0, 0.1) is 23.2 Å². The average Bonchev–Trinajstić information content (AvgIpc) is 3.03. The maximum Gasteiger partial charge on any atom is 0.0487 e. The third kappa shape index (κ3) is 4.94. The Labute approximate surface area is 131 Å². The maximum atomic E-state index is 5.85. The molecule has 0 aliphatic heterocycles. The van der Waals surface area contributed by atoms with Gasteiger partial charge in [0, 0.05) is 33.5 Å². The summed E-state index contributed by atoms with van der Waals surface area (Å²) < 4.78 is 10.9. The van der Waals surface area contributed by atoms with Crippen LogP contribution >= 0.6 is 0 Å². The van der Waals surface area contributed by atoms with Crippen LogP contribution < -0.4 is 5.32 Å². The first-order valence-corrected chi connectivity index (χ1v) is 8.93. The van der Waals surface area contributed by atoms with Crippen molar-refractivity contribution in [2.75, 3.05) is 40.0 Å². The highest BCUT2D eigenvalue weighted by Crippen LogP contribution is 2.57. The minimum Gasteiger partial charge on any atom is -0.385 e. The summed E-state index contributed by atoms with van der Waals surface area (Å²) >= 11 is 0. The second-order valence-electron chi connectivity index (χ2n) is 7.68. The van der Waals surface area contributed by atoms with Crippen molar-refractivity contribution in [3.8, 4) is 0 Å². The third-order valence-electron chi connectivity index (χ3n) is 5.51. The van der Waals surface area contributed by atoms with Gasteiger partial charge in [0.25, 0.3) is 0 Å². The Balaban J connectivity index is 1.74. The Kier molecular flexibility index (Phi) is 6.97. The van der Waals surface area contributed by atoms with Crippen molar-refractivity contribution in [3.63, 3.8) is 0 Å². The average molecular weight is 297 g/mol. The summed E-state index contributed by atoms with van der Waals surface area (Å²) in [6.07, 6.45) is 8.10. The van der Waals surface area contributed by atoms with Crippen LogP contribution in [0.25, 0.3) is 0 Å². The van der Waals surface area contributed by atoms with Gasteiger partial charge >= 0.3 is 0 Å². The summed E-state index contributed by atoms with van der Waals surface area (Å²) in [5.74, 6) is 2.69. The van der Waals surface area contributed by atoms with Gasteiger partial charge in [0.05, 0.1) is 0 Å². The molecule has 21 heavy (non-hydrogen) atoms. The fourth-order valence-corrected chi connectivity index (χ4v) is 4.46. The molecule has 2 fully saturated rings. The fourth-order valence-electron chi connectivity index (χ4n) is 4.46. The number of hydrogen-bond donors (Lipinski definition) is 1. The standard InChI is InChI=1S/C18H35NO2/c1-15(2)13-19-14-18(7-10-21-9-4-8-20-3)12-16-5-6-17(18)11-16/h15-17,19H,4-14H2,1-3H3. The number of ether oxygens (including phenoxy) is 2. The van der Waals surface area contributed by atoms with E-state index in [1.807, 2.05) is 0 Å². The van der Waals surface area contributed by atoms with Crippen LogP contribution in [0.3, 0.4) is 0 Å². The first-order valence-electron chi connectivity index (χ1n) is 8.93. The van der Waals surface area contributed by atoms with Crippen LogP contribution in [-0.4, -0.2) is 40.0 Å². The van der Waals surface area contributed by atoms with Crippen LogP contribution in [0.4, 0.5) is 0 Å². The molecule has 2 saturated carbocycles. The first kappa shape index (κ1) is 17.2. The second kappa shape index (κ2) is 8.50. The molecule has 2 aliphatic rings. The summed E-state index contributed by atoms with van der Waals surface area (Å²) in [7, 11) is 1.75. The van der Waals surface area contributed by atoms with Crippen molar-refractivity contribution in [2.45, 2.75) is 52.4 Å². The zero-order chi connectivity index (χ0) is 15.1. The van der Waals surface area contributed by atoms with E-state index in [0.29, 0.717) is 5.41 Å². The van der Waals surface area contributed by atoms with Crippen LogP contribution in [0.15, 0.2) is 0 Å². The van der Waals surface area contributed by atoms with E-state index < -0.39 is 0 Å². The highest BCUT2D eigenvalue weighted by Gasteiger charge is 2.49. The quantitative estimate of drug-likeness (QED) is 0.592. The molecule has 0 radical (unpaired) electrons. The van der Waals surface area contributed by atoms with Crippen LogP contribution in [-0.2, 0) is 9.47 Å². The van der Waals surface area contributed by atoms with Gasteiger partial charge in [-0.1, -0.05) is 20.3 Å².